The number of carbonyl (C=O) groups excluding carboxylic acids is 1. The van der Waals surface area contributed by atoms with Gasteiger partial charge in [-0.2, -0.15) is 0 Å². The predicted octanol–water partition coefficient (Wildman–Crippen LogP) is 2.81. The number of hydrogen-bond acceptors (Lipinski definition) is 3. The van der Waals surface area contributed by atoms with Crippen molar-refractivity contribution in [2.24, 2.45) is 11.1 Å². The smallest absolute Gasteiger partial charge is 0.227 e. The van der Waals surface area contributed by atoms with Gasteiger partial charge in [0.25, 0.3) is 0 Å². The van der Waals surface area contributed by atoms with Gasteiger partial charge in [-0.1, -0.05) is 32.0 Å². The van der Waals surface area contributed by atoms with Crippen LogP contribution < -0.4 is 15.8 Å². The SMILES string of the molecule is CCC(CC)(CN)C(=O)NC1CCOc2ccccc21.Cl. The lowest BCUT2D eigenvalue weighted by Gasteiger charge is -2.33. The maximum absolute atomic E-state index is 12.6. The summed E-state index contributed by atoms with van der Waals surface area (Å²) >= 11 is 0. The Morgan fingerprint density at radius 2 is 2.05 bits per heavy atom. The summed E-state index contributed by atoms with van der Waals surface area (Å²) < 4.78 is 5.62. The maximum atomic E-state index is 12.6. The first kappa shape index (κ1) is 17.8. The lowest BCUT2D eigenvalue weighted by atomic mass is 9.81. The summed E-state index contributed by atoms with van der Waals surface area (Å²) in [5.74, 6) is 0.932. The third-order valence-corrected chi connectivity index (χ3v) is 4.49. The van der Waals surface area contributed by atoms with Crippen LogP contribution in [0.4, 0.5) is 0 Å². The first-order chi connectivity index (χ1) is 9.66. The predicted molar refractivity (Wildman–Crippen MR) is 86.8 cm³/mol. The van der Waals surface area contributed by atoms with Gasteiger partial charge in [0, 0.05) is 18.5 Å². The van der Waals surface area contributed by atoms with Gasteiger partial charge in [-0.15, -0.1) is 12.4 Å². The Bertz CT molecular complexity index is 467. The minimum absolute atomic E-state index is 0. The first-order valence-electron chi connectivity index (χ1n) is 7.39. The summed E-state index contributed by atoms with van der Waals surface area (Å²) in [6.07, 6.45) is 2.32. The average molecular weight is 313 g/mol. The van der Waals surface area contributed by atoms with Crippen molar-refractivity contribution in [2.75, 3.05) is 13.2 Å². The number of benzene rings is 1. The van der Waals surface area contributed by atoms with E-state index >= 15 is 0 Å². The van der Waals surface area contributed by atoms with Gasteiger partial charge in [0.05, 0.1) is 18.1 Å². The Labute approximate surface area is 132 Å². The number of amides is 1. The monoisotopic (exact) mass is 312 g/mol. The molecule has 0 saturated heterocycles. The molecule has 4 nitrogen and oxygen atoms in total. The van der Waals surface area contributed by atoms with Crippen LogP contribution in [0.2, 0.25) is 0 Å². The quantitative estimate of drug-likeness (QED) is 0.878. The number of carbonyl (C=O) groups is 1. The minimum Gasteiger partial charge on any atom is -0.493 e. The van der Waals surface area contributed by atoms with E-state index in [1.54, 1.807) is 0 Å². The van der Waals surface area contributed by atoms with E-state index in [2.05, 4.69) is 5.32 Å². The molecular formula is C16H25ClN2O2. The molecule has 0 aliphatic carbocycles. The van der Waals surface area contributed by atoms with Gasteiger partial charge in [0.2, 0.25) is 5.91 Å². The van der Waals surface area contributed by atoms with Gasteiger partial charge in [0.1, 0.15) is 5.75 Å². The average Bonchev–Trinajstić information content (AvgIpc) is 2.50. The molecule has 0 bridgehead atoms. The lowest BCUT2D eigenvalue weighted by molar-refractivity contribution is -0.132. The van der Waals surface area contributed by atoms with E-state index in [-0.39, 0.29) is 24.4 Å². The Hall–Kier alpha value is -1.26. The fourth-order valence-electron chi connectivity index (χ4n) is 2.76. The van der Waals surface area contributed by atoms with Crippen LogP contribution in [0.5, 0.6) is 5.75 Å². The molecule has 1 aromatic carbocycles. The third-order valence-electron chi connectivity index (χ3n) is 4.49. The zero-order valence-electron chi connectivity index (χ0n) is 12.7. The van der Waals surface area contributed by atoms with E-state index in [1.165, 1.54) is 0 Å². The Morgan fingerprint density at radius 3 is 2.67 bits per heavy atom. The van der Waals surface area contributed by atoms with Crippen LogP contribution in [-0.2, 0) is 4.79 Å². The van der Waals surface area contributed by atoms with Crippen LogP contribution in [0.15, 0.2) is 24.3 Å². The van der Waals surface area contributed by atoms with Crippen molar-refractivity contribution in [1.29, 1.82) is 0 Å². The fourth-order valence-corrected chi connectivity index (χ4v) is 2.76. The molecule has 1 aromatic rings. The van der Waals surface area contributed by atoms with Crippen molar-refractivity contribution < 1.29 is 9.53 Å². The van der Waals surface area contributed by atoms with Gasteiger partial charge in [-0.25, -0.2) is 0 Å². The van der Waals surface area contributed by atoms with Crippen molar-refractivity contribution in [2.45, 2.75) is 39.2 Å². The molecular weight excluding hydrogens is 288 g/mol. The molecule has 1 amide bonds. The molecule has 1 heterocycles. The normalized spacial score (nSPS) is 17.2. The summed E-state index contributed by atoms with van der Waals surface area (Å²) in [7, 11) is 0. The second kappa shape index (κ2) is 7.66. The third kappa shape index (κ3) is 3.50. The standard InChI is InChI=1S/C16H24N2O2.ClH/c1-3-16(4-2,11-17)15(19)18-13-9-10-20-14-8-6-5-7-12(13)14;/h5-8,13H,3-4,9-11,17H2,1-2H3,(H,18,19);1H. The first-order valence-corrected chi connectivity index (χ1v) is 7.39. The van der Waals surface area contributed by atoms with E-state index in [9.17, 15) is 4.79 Å². The fraction of sp³-hybridized carbons (Fsp3) is 0.562. The number of nitrogens with one attached hydrogen (secondary N) is 1. The van der Waals surface area contributed by atoms with Crippen LogP contribution >= 0.6 is 12.4 Å². The van der Waals surface area contributed by atoms with Crippen LogP contribution in [-0.4, -0.2) is 19.1 Å². The molecule has 2 rings (SSSR count). The van der Waals surface area contributed by atoms with Crippen LogP contribution in [0.3, 0.4) is 0 Å². The van der Waals surface area contributed by atoms with E-state index in [0.29, 0.717) is 13.2 Å². The maximum Gasteiger partial charge on any atom is 0.227 e. The molecule has 0 aromatic heterocycles. The topological polar surface area (TPSA) is 64.4 Å². The van der Waals surface area contributed by atoms with Gasteiger partial charge >= 0.3 is 0 Å². The largest absolute Gasteiger partial charge is 0.493 e. The molecule has 1 aliphatic heterocycles. The van der Waals surface area contributed by atoms with Crippen molar-refractivity contribution in [3.8, 4) is 5.75 Å². The molecule has 21 heavy (non-hydrogen) atoms. The highest BCUT2D eigenvalue weighted by molar-refractivity contribution is 5.85. The van der Waals surface area contributed by atoms with E-state index in [4.69, 9.17) is 10.5 Å². The van der Waals surface area contributed by atoms with E-state index in [1.807, 2.05) is 38.1 Å². The van der Waals surface area contributed by atoms with E-state index < -0.39 is 5.41 Å². The minimum atomic E-state index is -0.451. The van der Waals surface area contributed by atoms with Crippen molar-refractivity contribution in [1.82, 2.24) is 5.32 Å². The highest BCUT2D eigenvalue weighted by Crippen LogP contribution is 2.33. The highest BCUT2D eigenvalue weighted by atomic mass is 35.5. The number of rotatable bonds is 5. The number of fused-ring (bicyclic) bond motifs is 1. The molecule has 0 spiro atoms. The highest BCUT2D eigenvalue weighted by Gasteiger charge is 2.35. The van der Waals surface area contributed by atoms with E-state index in [0.717, 1.165) is 30.6 Å². The summed E-state index contributed by atoms with van der Waals surface area (Å²) in [6.45, 7) is 5.06. The number of ether oxygens (including phenoxy) is 1. The zero-order valence-corrected chi connectivity index (χ0v) is 13.5. The zero-order chi connectivity index (χ0) is 14.6. The van der Waals surface area contributed by atoms with Crippen molar-refractivity contribution in [3.63, 3.8) is 0 Å². The second-order valence-corrected chi connectivity index (χ2v) is 5.39. The molecule has 0 saturated carbocycles. The van der Waals surface area contributed by atoms with Crippen molar-refractivity contribution >= 4 is 18.3 Å². The molecule has 0 fully saturated rings. The lowest BCUT2D eigenvalue weighted by Crippen LogP contribution is -2.47. The van der Waals surface area contributed by atoms with Crippen molar-refractivity contribution in [3.05, 3.63) is 29.8 Å². The number of hydrogen-bond donors (Lipinski definition) is 2. The molecule has 1 unspecified atom stereocenters. The summed E-state index contributed by atoms with van der Waals surface area (Å²) in [5.41, 5.74) is 6.45. The Balaban J connectivity index is 0.00000220. The molecule has 0 radical (unpaired) electrons. The Kier molecular flexibility index (Phi) is 6.49. The summed E-state index contributed by atoms with van der Waals surface area (Å²) in [4.78, 5) is 12.6. The van der Waals surface area contributed by atoms with Gasteiger partial charge in [-0.3, -0.25) is 4.79 Å². The molecule has 1 aliphatic rings. The molecule has 118 valence electrons. The second-order valence-electron chi connectivity index (χ2n) is 5.39. The molecule has 3 N–H and O–H groups in total. The van der Waals surface area contributed by atoms with Gasteiger partial charge < -0.3 is 15.8 Å². The van der Waals surface area contributed by atoms with Crippen LogP contribution in [0.1, 0.15) is 44.7 Å². The van der Waals surface area contributed by atoms with Crippen LogP contribution in [0, 0.1) is 5.41 Å². The molecule has 5 heteroatoms. The van der Waals surface area contributed by atoms with Crippen LogP contribution in [0.25, 0.3) is 0 Å². The van der Waals surface area contributed by atoms with Gasteiger partial charge in [-0.05, 0) is 18.9 Å². The summed E-state index contributed by atoms with van der Waals surface area (Å²) in [6, 6.07) is 7.91. The number of nitrogens with two attached hydrogens (primary N) is 1. The number of halogens is 1. The number of para-hydroxylation sites is 1. The van der Waals surface area contributed by atoms with Gasteiger partial charge in [0.15, 0.2) is 0 Å². The summed E-state index contributed by atoms with van der Waals surface area (Å²) in [5, 5.41) is 3.17. The molecule has 1 atom stereocenters. The Morgan fingerprint density at radius 1 is 1.38 bits per heavy atom.